The fourth-order valence-electron chi connectivity index (χ4n) is 3.48. The average molecular weight is 378 g/mol. The molecule has 5 nitrogen and oxygen atoms in total. The van der Waals surface area contributed by atoms with Crippen molar-refractivity contribution in [3.8, 4) is 11.5 Å². The Kier molecular flexibility index (Phi) is 4.41. The SMILES string of the molecule is O=C(c1ccc(C(F)(F)F)nc1)N1CCCC1c1ccc2c(c1)OCCO2. The van der Waals surface area contributed by atoms with Gasteiger partial charge in [-0.1, -0.05) is 6.07 Å². The lowest BCUT2D eigenvalue weighted by Crippen LogP contribution is -2.31. The molecule has 2 aromatic rings. The second-order valence-electron chi connectivity index (χ2n) is 6.49. The zero-order chi connectivity index (χ0) is 19.0. The number of nitrogens with zero attached hydrogens (tertiary/aromatic N) is 2. The second-order valence-corrected chi connectivity index (χ2v) is 6.49. The number of fused-ring (bicyclic) bond motifs is 1. The first-order valence-electron chi connectivity index (χ1n) is 8.67. The molecule has 1 fully saturated rings. The van der Waals surface area contributed by atoms with Crippen LogP contribution in [0.15, 0.2) is 36.5 Å². The Bertz CT molecular complexity index is 852. The zero-order valence-corrected chi connectivity index (χ0v) is 14.3. The molecular weight excluding hydrogens is 361 g/mol. The summed E-state index contributed by atoms with van der Waals surface area (Å²) in [5.74, 6) is 0.996. The van der Waals surface area contributed by atoms with E-state index in [-0.39, 0.29) is 17.5 Å². The molecule has 27 heavy (non-hydrogen) atoms. The minimum absolute atomic E-state index is 0.146. The number of alkyl halides is 3. The lowest BCUT2D eigenvalue weighted by atomic mass is 10.0. The van der Waals surface area contributed by atoms with Crippen molar-refractivity contribution in [2.75, 3.05) is 19.8 Å². The number of hydrogen-bond acceptors (Lipinski definition) is 4. The molecule has 8 heteroatoms. The Labute approximate surface area is 153 Å². The van der Waals surface area contributed by atoms with Crippen LogP contribution in [-0.2, 0) is 6.18 Å². The molecular formula is C19H17F3N2O3. The van der Waals surface area contributed by atoms with Crippen molar-refractivity contribution in [1.29, 1.82) is 0 Å². The van der Waals surface area contributed by atoms with Crippen LogP contribution in [0.5, 0.6) is 11.5 Å². The van der Waals surface area contributed by atoms with Crippen LogP contribution in [0.1, 0.15) is 40.5 Å². The first-order chi connectivity index (χ1) is 12.9. The van der Waals surface area contributed by atoms with Gasteiger partial charge in [0.05, 0.1) is 11.6 Å². The van der Waals surface area contributed by atoms with Gasteiger partial charge in [0.2, 0.25) is 0 Å². The molecule has 1 atom stereocenters. The molecule has 142 valence electrons. The molecule has 2 aliphatic heterocycles. The largest absolute Gasteiger partial charge is 0.486 e. The van der Waals surface area contributed by atoms with Gasteiger partial charge in [-0.2, -0.15) is 13.2 Å². The van der Waals surface area contributed by atoms with Gasteiger partial charge in [0.25, 0.3) is 5.91 Å². The van der Waals surface area contributed by atoms with Crippen LogP contribution in [0, 0.1) is 0 Å². The Hall–Kier alpha value is -2.77. The van der Waals surface area contributed by atoms with E-state index in [0.29, 0.717) is 31.3 Å². The van der Waals surface area contributed by atoms with Crippen LogP contribution in [-0.4, -0.2) is 35.5 Å². The lowest BCUT2D eigenvalue weighted by molar-refractivity contribution is -0.141. The van der Waals surface area contributed by atoms with Crippen molar-refractivity contribution >= 4 is 5.91 Å². The minimum Gasteiger partial charge on any atom is -0.486 e. The Balaban J connectivity index is 1.57. The van der Waals surface area contributed by atoms with Gasteiger partial charge in [0.15, 0.2) is 11.5 Å². The predicted molar refractivity (Wildman–Crippen MR) is 89.7 cm³/mol. The quantitative estimate of drug-likeness (QED) is 0.797. The fourth-order valence-corrected chi connectivity index (χ4v) is 3.48. The van der Waals surface area contributed by atoms with E-state index < -0.39 is 11.9 Å². The number of halogens is 3. The highest BCUT2D eigenvalue weighted by molar-refractivity contribution is 5.94. The molecule has 0 saturated carbocycles. The molecule has 1 unspecified atom stereocenters. The highest BCUT2D eigenvalue weighted by atomic mass is 19.4. The molecule has 0 N–H and O–H groups in total. The van der Waals surface area contributed by atoms with E-state index in [2.05, 4.69) is 4.98 Å². The van der Waals surface area contributed by atoms with Gasteiger partial charge in [-0.3, -0.25) is 9.78 Å². The van der Waals surface area contributed by atoms with Crippen LogP contribution >= 0.6 is 0 Å². The number of likely N-dealkylation sites (tertiary alicyclic amines) is 1. The van der Waals surface area contributed by atoms with E-state index in [1.165, 1.54) is 6.07 Å². The number of carbonyl (C=O) groups is 1. The van der Waals surface area contributed by atoms with Gasteiger partial charge in [0, 0.05) is 12.7 Å². The molecule has 1 aromatic carbocycles. The van der Waals surface area contributed by atoms with Crippen molar-refractivity contribution in [3.05, 3.63) is 53.3 Å². The van der Waals surface area contributed by atoms with Crippen molar-refractivity contribution < 1.29 is 27.4 Å². The molecule has 0 spiro atoms. The van der Waals surface area contributed by atoms with E-state index in [4.69, 9.17) is 9.47 Å². The Morgan fingerprint density at radius 2 is 1.89 bits per heavy atom. The number of benzene rings is 1. The summed E-state index contributed by atoms with van der Waals surface area (Å²) in [6, 6.07) is 7.45. The van der Waals surface area contributed by atoms with Gasteiger partial charge in [-0.15, -0.1) is 0 Å². The first-order valence-corrected chi connectivity index (χ1v) is 8.67. The van der Waals surface area contributed by atoms with Gasteiger partial charge < -0.3 is 14.4 Å². The topological polar surface area (TPSA) is 51.7 Å². The number of pyridine rings is 1. The van der Waals surface area contributed by atoms with E-state index in [1.807, 2.05) is 18.2 Å². The maximum absolute atomic E-state index is 12.8. The number of ether oxygens (including phenoxy) is 2. The van der Waals surface area contributed by atoms with Crippen LogP contribution in [0.25, 0.3) is 0 Å². The van der Waals surface area contributed by atoms with Crippen molar-refractivity contribution in [1.82, 2.24) is 9.88 Å². The summed E-state index contributed by atoms with van der Waals surface area (Å²) in [5.41, 5.74) is 0.0567. The average Bonchev–Trinajstić information content (AvgIpc) is 3.16. The highest BCUT2D eigenvalue weighted by Gasteiger charge is 2.34. The number of carbonyl (C=O) groups excluding carboxylic acids is 1. The Morgan fingerprint density at radius 1 is 1.11 bits per heavy atom. The summed E-state index contributed by atoms with van der Waals surface area (Å²) in [4.78, 5) is 17.9. The summed E-state index contributed by atoms with van der Waals surface area (Å²) in [6.45, 7) is 1.52. The fraction of sp³-hybridized carbons (Fsp3) is 0.368. The molecule has 0 radical (unpaired) electrons. The first kappa shape index (κ1) is 17.6. The van der Waals surface area contributed by atoms with E-state index in [0.717, 1.165) is 30.7 Å². The standard InChI is InChI=1S/C19H17F3N2O3/c20-19(21,22)17-6-4-13(11-23-17)18(25)24-7-1-2-14(24)12-3-5-15-16(10-12)27-9-8-26-15/h3-6,10-11,14H,1-2,7-9H2. The third-order valence-electron chi connectivity index (χ3n) is 4.77. The van der Waals surface area contributed by atoms with Gasteiger partial charge in [0.1, 0.15) is 18.9 Å². The zero-order valence-electron chi connectivity index (χ0n) is 14.3. The molecule has 4 rings (SSSR count). The van der Waals surface area contributed by atoms with Crippen molar-refractivity contribution in [2.24, 2.45) is 0 Å². The molecule has 0 aliphatic carbocycles. The molecule has 1 amide bonds. The normalized spacial score (nSPS) is 19.2. The number of hydrogen-bond donors (Lipinski definition) is 0. The minimum atomic E-state index is -4.52. The van der Waals surface area contributed by atoms with E-state index in [1.54, 1.807) is 4.90 Å². The maximum atomic E-state index is 12.8. The van der Waals surface area contributed by atoms with Crippen LogP contribution < -0.4 is 9.47 Å². The van der Waals surface area contributed by atoms with E-state index >= 15 is 0 Å². The summed E-state index contributed by atoms with van der Waals surface area (Å²) in [6.07, 6.45) is -1.94. The summed E-state index contributed by atoms with van der Waals surface area (Å²) < 4.78 is 49.1. The van der Waals surface area contributed by atoms with Crippen molar-refractivity contribution in [2.45, 2.75) is 25.1 Å². The summed E-state index contributed by atoms with van der Waals surface area (Å²) >= 11 is 0. The number of aromatic nitrogens is 1. The van der Waals surface area contributed by atoms with E-state index in [9.17, 15) is 18.0 Å². The smallest absolute Gasteiger partial charge is 0.433 e. The number of amides is 1. The van der Waals surface area contributed by atoms with Gasteiger partial charge in [-0.05, 0) is 42.7 Å². The predicted octanol–water partition coefficient (Wildman–Crippen LogP) is 3.85. The molecule has 2 aliphatic rings. The maximum Gasteiger partial charge on any atom is 0.433 e. The van der Waals surface area contributed by atoms with Gasteiger partial charge >= 0.3 is 6.18 Å². The lowest BCUT2D eigenvalue weighted by Gasteiger charge is -2.27. The van der Waals surface area contributed by atoms with Crippen LogP contribution in [0.4, 0.5) is 13.2 Å². The molecule has 3 heterocycles. The second kappa shape index (κ2) is 6.75. The Morgan fingerprint density at radius 3 is 2.59 bits per heavy atom. The van der Waals surface area contributed by atoms with Crippen LogP contribution in [0.3, 0.4) is 0 Å². The van der Waals surface area contributed by atoms with Crippen molar-refractivity contribution in [3.63, 3.8) is 0 Å². The monoisotopic (exact) mass is 378 g/mol. The number of rotatable bonds is 2. The highest BCUT2D eigenvalue weighted by Crippen LogP contribution is 2.38. The molecule has 1 aromatic heterocycles. The third kappa shape index (κ3) is 3.43. The van der Waals surface area contributed by atoms with Gasteiger partial charge in [-0.25, -0.2) is 0 Å². The summed E-state index contributed by atoms with van der Waals surface area (Å²) in [5, 5.41) is 0. The third-order valence-corrected chi connectivity index (χ3v) is 4.77. The molecule has 1 saturated heterocycles. The molecule has 0 bridgehead atoms. The van der Waals surface area contributed by atoms with Crippen LogP contribution in [0.2, 0.25) is 0 Å². The summed E-state index contributed by atoms with van der Waals surface area (Å²) in [7, 11) is 0.